The SMILES string of the molecule is O=CN1CCCCCCC1. The van der Waals surface area contributed by atoms with E-state index in [0.717, 1.165) is 19.5 Å². The number of rotatable bonds is 1. The lowest BCUT2D eigenvalue weighted by molar-refractivity contribution is -0.118. The van der Waals surface area contributed by atoms with E-state index in [1.807, 2.05) is 4.90 Å². The van der Waals surface area contributed by atoms with Crippen molar-refractivity contribution < 1.29 is 4.79 Å². The summed E-state index contributed by atoms with van der Waals surface area (Å²) in [6.07, 6.45) is 7.31. The van der Waals surface area contributed by atoms with Crippen LogP contribution in [0.3, 0.4) is 0 Å². The van der Waals surface area contributed by atoms with Gasteiger partial charge in [0.25, 0.3) is 0 Å². The van der Waals surface area contributed by atoms with Gasteiger partial charge >= 0.3 is 0 Å². The number of nitrogens with zero attached hydrogens (tertiary/aromatic N) is 1. The highest BCUT2D eigenvalue weighted by molar-refractivity contribution is 5.46. The molecule has 0 N–H and O–H groups in total. The van der Waals surface area contributed by atoms with E-state index in [1.54, 1.807) is 0 Å². The average molecular weight is 141 g/mol. The summed E-state index contributed by atoms with van der Waals surface area (Å²) in [4.78, 5) is 12.2. The first kappa shape index (κ1) is 7.58. The van der Waals surface area contributed by atoms with E-state index in [9.17, 15) is 4.79 Å². The molecule has 1 rings (SSSR count). The maximum absolute atomic E-state index is 10.4. The molecule has 2 heteroatoms. The van der Waals surface area contributed by atoms with Gasteiger partial charge in [0.1, 0.15) is 0 Å². The molecule has 58 valence electrons. The molecule has 2 nitrogen and oxygen atoms in total. The van der Waals surface area contributed by atoms with Crippen LogP contribution in [0, 0.1) is 0 Å². The monoisotopic (exact) mass is 141 g/mol. The van der Waals surface area contributed by atoms with Gasteiger partial charge in [0.15, 0.2) is 0 Å². The minimum absolute atomic E-state index is 0.976. The Hall–Kier alpha value is -0.530. The van der Waals surface area contributed by atoms with E-state index >= 15 is 0 Å². The molecule has 0 aliphatic carbocycles. The Balaban J connectivity index is 2.22. The third-order valence-corrected chi connectivity index (χ3v) is 2.04. The van der Waals surface area contributed by atoms with Crippen LogP contribution in [0.2, 0.25) is 0 Å². The summed E-state index contributed by atoms with van der Waals surface area (Å²) in [5.41, 5.74) is 0. The van der Waals surface area contributed by atoms with Crippen LogP contribution in [0.15, 0.2) is 0 Å². The molecule has 1 fully saturated rings. The van der Waals surface area contributed by atoms with Crippen LogP contribution in [-0.2, 0) is 4.79 Å². The van der Waals surface area contributed by atoms with Crippen LogP contribution in [-0.4, -0.2) is 24.4 Å². The Morgan fingerprint density at radius 2 is 1.40 bits per heavy atom. The summed E-state index contributed by atoms with van der Waals surface area (Å²) in [6.45, 7) is 1.95. The minimum atomic E-state index is 0.976. The van der Waals surface area contributed by atoms with E-state index in [2.05, 4.69) is 0 Å². The molecular weight excluding hydrogens is 126 g/mol. The Labute approximate surface area is 62.2 Å². The second kappa shape index (κ2) is 4.31. The largest absolute Gasteiger partial charge is 0.345 e. The van der Waals surface area contributed by atoms with Crippen LogP contribution in [0.1, 0.15) is 32.1 Å². The lowest BCUT2D eigenvalue weighted by Gasteiger charge is -2.19. The summed E-state index contributed by atoms with van der Waals surface area (Å²) in [5, 5.41) is 0. The molecule has 1 heterocycles. The fourth-order valence-electron chi connectivity index (χ4n) is 1.38. The van der Waals surface area contributed by atoms with Crippen LogP contribution < -0.4 is 0 Å². The van der Waals surface area contributed by atoms with Gasteiger partial charge in [-0.3, -0.25) is 4.79 Å². The molecule has 1 saturated heterocycles. The minimum Gasteiger partial charge on any atom is -0.345 e. The van der Waals surface area contributed by atoms with Crippen molar-refractivity contribution in [3.8, 4) is 0 Å². The summed E-state index contributed by atoms with van der Waals surface area (Å²) < 4.78 is 0. The van der Waals surface area contributed by atoms with E-state index < -0.39 is 0 Å². The van der Waals surface area contributed by atoms with Gasteiger partial charge < -0.3 is 4.90 Å². The van der Waals surface area contributed by atoms with Gasteiger partial charge in [-0.1, -0.05) is 19.3 Å². The summed E-state index contributed by atoms with van der Waals surface area (Å²) in [7, 11) is 0. The van der Waals surface area contributed by atoms with Crippen molar-refractivity contribution in [2.75, 3.05) is 13.1 Å². The molecule has 1 aliphatic heterocycles. The smallest absolute Gasteiger partial charge is 0.209 e. The van der Waals surface area contributed by atoms with Gasteiger partial charge in [-0.05, 0) is 12.8 Å². The third kappa shape index (κ3) is 2.38. The molecule has 0 aromatic rings. The average Bonchev–Trinajstić information content (AvgIpc) is 1.87. The van der Waals surface area contributed by atoms with Gasteiger partial charge in [0.05, 0.1) is 0 Å². The lowest BCUT2D eigenvalue weighted by Crippen LogP contribution is -2.25. The van der Waals surface area contributed by atoms with Crippen molar-refractivity contribution in [1.82, 2.24) is 4.90 Å². The summed E-state index contributed by atoms with van der Waals surface area (Å²) in [6, 6.07) is 0. The first-order valence-corrected chi connectivity index (χ1v) is 4.13. The Morgan fingerprint density at radius 1 is 0.900 bits per heavy atom. The molecule has 0 aromatic carbocycles. The molecule has 0 bridgehead atoms. The second-order valence-electron chi connectivity index (χ2n) is 2.91. The van der Waals surface area contributed by atoms with Crippen LogP contribution in [0.5, 0.6) is 0 Å². The Bertz CT molecular complexity index is 95.4. The molecule has 1 amide bonds. The molecule has 1 aliphatic rings. The number of hydrogen-bond donors (Lipinski definition) is 0. The van der Waals surface area contributed by atoms with Crippen LogP contribution in [0.25, 0.3) is 0 Å². The number of carbonyl (C=O) groups excluding carboxylic acids is 1. The number of likely N-dealkylation sites (tertiary alicyclic amines) is 1. The zero-order valence-electron chi connectivity index (χ0n) is 6.38. The van der Waals surface area contributed by atoms with Crippen molar-refractivity contribution in [3.63, 3.8) is 0 Å². The zero-order valence-corrected chi connectivity index (χ0v) is 6.38. The molecule has 10 heavy (non-hydrogen) atoms. The highest BCUT2D eigenvalue weighted by atomic mass is 16.1. The predicted octanol–water partition coefficient (Wildman–Crippen LogP) is 1.41. The molecule has 0 atom stereocenters. The van der Waals surface area contributed by atoms with E-state index in [4.69, 9.17) is 0 Å². The van der Waals surface area contributed by atoms with Gasteiger partial charge in [-0.15, -0.1) is 0 Å². The topological polar surface area (TPSA) is 20.3 Å². The Morgan fingerprint density at radius 3 is 1.90 bits per heavy atom. The first-order chi connectivity index (χ1) is 4.93. The normalized spacial score (nSPS) is 21.4. The fourth-order valence-corrected chi connectivity index (χ4v) is 1.38. The van der Waals surface area contributed by atoms with Gasteiger partial charge in [-0.25, -0.2) is 0 Å². The summed E-state index contributed by atoms with van der Waals surface area (Å²) >= 11 is 0. The molecular formula is C8H15NO. The zero-order chi connectivity index (χ0) is 7.23. The molecule has 0 saturated carbocycles. The molecule has 0 unspecified atom stereocenters. The van der Waals surface area contributed by atoms with Crippen LogP contribution >= 0.6 is 0 Å². The fraction of sp³-hybridized carbons (Fsp3) is 0.875. The quantitative estimate of drug-likeness (QED) is 0.505. The molecule has 0 aromatic heterocycles. The predicted molar refractivity (Wildman–Crippen MR) is 40.7 cm³/mol. The molecule has 0 spiro atoms. The van der Waals surface area contributed by atoms with Crippen molar-refractivity contribution in [2.45, 2.75) is 32.1 Å². The van der Waals surface area contributed by atoms with Crippen molar-refractivity contribution in [3.05, 3.63) is 0 Å². The van der Waals surface area contributed by atoms with Crippen molar-refractivity contribution in [1.29, 1.82) is 0 Å². The first-order valence-electron chi connectivity index (χ1n) is 4.13. The number of hydrogen-bond acceptors (Lipinski definition) is 1. The molecule has 0 radical (unpaired) electrons. The van der Waals surface area contributed by atoms with Gasteiger partial charge in [-0.2, -0.15) is 0 Å². The second-order valence-corrected chi connectivity index (χ2v) is 2.91. The van der Waals surface area contributed by atoms with Crippen LogP contribution in [0.4, 0.5) is 0 Å². The third-order valence-electron chi connectivity index (χ3n) is 2.04. The van der Waals surface area contributed by atoms with Crippen molar-refractivity contribution >= 4 is 6.41 Å². The van der Waals surface area contributed by atoms with Gasteiger partial charge in [0.2, 0.25) is 6.41 Å². The number of carbonyl (C=O) groups is 1. The maximum atomic E-state index is 10.4. The highest BCUT2D eigenvalue weighted by Gasteiger charge is 2.03. The van der Waals surface area contributed by atoms with E-state index in [-0.39, 0.29) is 0 Å². The van der Waals surface area contributed by atoms with Crippen molar-refractivity contribution in [2.24, 2.45) is 0 Å². The lowest BCUT2D eigenvalue weighted by atomic mass is 10.1. The van der Waals surface area contributed by atoms with E-state index in [1.165, 1.54) is 32.1 Å². The van der Waals surface area contributed by atoms with E-state index in [0.29, 0.717) is 0 Å². The highest BCUT2D eigenvalue weighted by Crippen LogP contribution is 2.08. The number of amides is 1. The summed E-state index contributed by atoms with van der Waals surface area (Å²) in [5.74, 6) is 0. The standard InChI is InChI=1S/C8H15NO/c10-8-9-6-4-2-1-3-5-7-9/h8H,1-7H2. The maximum Gasteiger partial charge on any atom is 0.209 e. The Kier molecular flexibility index (Phi) is 3.27. The van der Waals surface area contributed by atoms with Gasteiger partial charge in [0, 0.05) is 13.1 Å².